The number of carbonyl (C=O) groups is 4. The van der Waals surface area contributed by atoms with Crippen molar-refractivity contribution in [3.05, 3.63) is 34.2 Å². The van der Waals surface area contributed by atoms with E-state index >= 15 is 0 Å². The van der Waals surface area contributed by atoms with Crippen molar-refractivity contribution in [2.24, 2.45) is 0 Å². The number of carbonyl (C=O) groups excluding carboxylic acids is 4. The van der Waals surface area contributed by atoms with Crippen molar-refractivity contribution < 1.29 is 102 Å². The Morgan fingerprint density at radius 3 is 1.15 bits per heavy atom. The predicted molar refractivity (Wildman–Crippen MR) is 157 cm³/mol. The number of fused-ring (bicyclic) bond motifs is 2. The molecular formula is C30H44Cu2N2O14. The van der Waals surface area contributed by atoms with E-state index in [0.717, 1.165) is 12.4 Å². The van der Waals surface area contributed by atoms with Crippen LogP contribution in [0.5, 0.6) is 0 Å². The monoisotopic (exact) mass is 782 g/mol. The molecule has 280 valence electrons. The molecule has 0 aromatic heterocycles. The van der Waals surface area contributed by atoms with Crippen LogP contribution < -0.4 is 0 Å². The van der Waals surface area contributed by atoms with Crippen molar-refractivity contribution in [3.8, 4) is 0 Å². The number of hydrogen-bond acceptors (Lipinski definition) is 14. The number of ether oxygens (including phenoxy) is 6. The number of allylic oxidation sites excluding steroid dienone is 2. The van der Waals surface area contributed by atoms with E-state index in [2.05, 4.69) is 10.6 Å². The fourth-order valence-electron chi connectivity index (χ4n) is 5.34. The van der Waals surface area contributed by atoms with Crippen LogP contribution in [0.4, 0.5) is 0 Å². The maximum Gasteiger partial charge on any atom is 1.00 e. The summed E-state index contributed by atoms with van der Waals surface area (Å²) >= 11 is 0. The van der Waals surface area contributed by atoms with Crippen molar-refractivity contribution >= 4 is 23.1 Å². The van der Waals surface area contributed by atoms with Crippen LogP contribution in [-0.4, -0.2) is 130 Å². The van der Waals surface area contributed by atoms with Crippen molar-refractivity contribution in [1.82, 2.24) is 0 Å². The summed E-state index contributed by atoms with van der Waals surface area (Å²) in [5.41, 5.74) is -0.158. The molecule has 4 heterocycles. The normalized spacial score (nSPS) is 31.6. The third-order valence-electron chi connectivity index (χ3n) is 7.55. The number of rotatable bonds is 12. The van der Waals surface area contributed by atoms with Crippen LogP contribution in [0.2, 0.25) is 0 Å². The third-order valence-corrected chi connectivity index (χ3v) is 7.55. The summed E-state index contributed by atoms with van der Waals surface area (Å²) in [6, 6.07) is -1.70. The largest absolute Gasteiger partial charge is 1.00 e. The number of nitrogens with zero attached hydrogens (tertiary/aromatic N) is 2. The van der Waals surface area contributed by atoms with Gasteiger partial charge in [-0.15, -0.1) is 0 Å². The summed E-state index contributed by atoms with van der Waals surface area (Å²) in [4.78, 5) is 45.5. The van der Waals surface area contributed by atoms with Gasteiger partial charge in [-0.2, -0.15) is 12.4 Å². The van der Waals surface area contributed by atoms with E-state index in [9.17, 15) is 39.6 Å². The second kappa shape index (κ2) is 18.1. The van der Waals surface area contributed by atoms with Gasteiger partial charge in [0.1, 0.15) is 24.4 Å². The van der Waals surface area contributed by atoms with Gasteiger partial charge in [0.15, 0.2) is 47.3 Å². The Bertz CT molecular complexity index is 1100. The van der Waals surface area contributed by atoms with Gasteiger partial charge in [-0.3, -0.25) is 19.2 Å². The van der Waals surface area contributed by atoms with Crippen LogP contribution in [0.15, 0.2) is 23.5 Å². The molecule has 2 unspecified atom stereocenters. The number of aliphatic hydroxyl groups is 4. The van der Waals surface area contributed by atoms with Crippen molar-refractivity contribution in [1.29, 1.82) is 0 Å². The second-order valence-corrected chi connectivity index (χ2v) is 12.2. The number of aliphatic hydroxyl groups excluding tert-OH is 4. The van der Waals surface area contributed by atoms with E-state index in [4.69, 9.17) is 28.4 Å². The van der Waals surface area contributed by atoms with Crippen LogP contribution >= 0.6 is 0 Å². The van der Waals surface area contributed by atoms with Gasteiger partial charge in [-0.25, -0.2) is 0 Å². The van der Waals surface area contributed by atoms with Gasteiger partial charge in [0.2, 0.25) is 0 Å². The Kier molecular flexibility index (Phi) is 16.7. The van der Waals surface area contributed by atoms with Gasteiger partial charge >= 0.3 is 34.1 Å². The maximum absolute atomic E-state index is 11.4. The minimum absolute atomic E-state index is 0. The molecule has 4 aliphatic heterocycles. The molecule has 0 bridgehead atoms. The fourth-order valence-corrected chi connectivity index (χ4v) is 5.34. The quantitative estimate of drug-likeness (QED) is 0.0886. The Labute approximate surface area is 300 Å². The van der Waals surface area contributed by atoms with Gasteiger partial charge < -0.3 is 59.5 Å². The SMILES string of the molecule is CC(=O)C(=C[N-]C(CO)[C@H]1O[C@@H]2OC(C)(C)O[C@@H]2[C@H]1O)C(C)=O.CC(=O)C(=C[N-]C(CO)[C@H]1O[C@@H]2OC(C)(C)O[C@@H]2[C@H]1O)C(C)=O.[Cu+].[Cu+]. The van der Waals surface area contributed by atoms with Crippen molar-refractivity contribution in [3.63, 3.8) is 0 Å². The number of hydrogen-bond donors (Lipinski definition) is 4. The van der Waals surface area contributed by atoms with Gasteiger partial charge in [-0.05, 0) is 55.4 Å². The fraction of sp³-hybridized carbons (Fsp3) is 0.733. The first-order chi connectivity index (χ1) is 21.3. The second-order valence-electron chi connectivity index (χ2n) is 12.2. The standard InChI is InChI=1S/2C15H23NO7.2Cu/c2*1-7(18)9(8(2)19)5-16-10(6-17)12-11(20)13-14(21-12)23-15(3,4)22-13;;/h2*5,10-14,17,20H,6H2,1-4H3,(H,16,18,19);;/q;;2*+1/p-2/t2*10?,11-,12+,13+,14+;;/m00../s1. The summed E-state index contributed by atoms with van der Waals surface area (Å²) in [6.07, 6.45) is -4.44. The van der Waals surface area contributed by atoms with Gasteiger partial charge in [-0.1, -0.05) is 12.1 Å². The summed E-state index contributed by atoms with van der Waals surface area (Å²) < 4.78 is 33.4. The smallest absolute Gasteiger partial charge is 0.683 e. The molecule has 4 aliphatic rings. The minimum atomic E-state index is -1.05. The average molecular weight is 784 g/mol. The molecular weight excluding hydrogens is 739 g/mol. The van der Waals surface area contributed by atoms with Gasteiger partial charge in [0, 0.05) is 24.4 Å². The van der Waals surface area contributed by atoms with Crippen LogP contribution in [0.3, 0.4) is 0 Å². The topological polar surface area (TPSA) is 233 Å². The first-order valence-electron chi connectivity index (χ1n) is 14.8. The minimum Gasteiger partial charge on any atom is -0.683 e. The molecule has 0 aliphatic carbocycles. The van der Waals surface area contributed by atoms with E-state index in [1.807, 2.05) is 0 Å². The summed E-state index contributed by atoms with van der Waals surface area (Å²) in [5.74, 6) is -3.40. The van der Waals surface area contributed by atoms with Crippen molar-refractivity contribution in [2.75, 3.05) is 13.2 Å². The van der Waals surface area contributed by atoms with E-state index in [1.165, 1.54) is 27.7 Å². The molecule has 18 heteroatoms. The summed E-state index contributed by atoms with van der Waals surface area (Å²) in [7, 11) is 0. The van der Waals surface area contributed by atoms with Gasteiger partial charge in [0.05, 0.1) is 12.2 Å². The average Bonchev–Trinajstić information content (AvgIpc) is 3.60. The molecule has 10 atom stereocenters. The number of Topliss-reactive ketones (excluding diaryl/α,β-unsaturated/α-hetero) is 4. The molecule has 0 spiro atoms. The molecule has 0 amide bonds. The molecule has 48 heavy (non-hydrogen) atoms. The Hall–Kier alpha value is -1.60. The molecule has 16 nitrogen and oxygen atoms in total. The van der Waals surface area contributed by atoms with E-state index in [-0.39, 0.29) is 45.3 Å². The Morgan fingerprint density at radius 1 is 0.625 bits per heavy atom. The molecule has 0 aromatic carbocycles. The third kappa shape index (κ3) is 10.7. The zero-order valence-electron chi connectivity index (χ0n) is 27.7. The van der Waals surface area contributed by atoms with E-state index in [1.54, 1.807) is 27.7 Å². The Balaban J connectivity index is 0.000000461. The molecule has 4 N–H and O–H groups in total. The molecule has 4 fully saturated rings. The number of ketones is 4. The summed E-state index contributed by atoms with van der Waals surface area (Å²) in [6.45, 7) is 11.0. The molecule has 4 rings (SSSR count). The summed E-state index contributed by atoms with van der Waals surface area (Å²) in [5, 5.41) is 47.7. The molecule has 0 radical (unpaired) electrons. The van der Waals surface area contributed by atoms with Crippen LogP contribution in [0.1, 0.15) is 55.4 Å². The Morgan fingerprint density at radius 2 is 0.917 bits per heavy atom. The van der Waals surface area contributed by atoms with E-state index < -0.39 is 109 Å². The van der Waals surface area contributed by atoms with Gasteiger partial charge in [0.25, 0.3) is 0 Å². The molecule has 0 saturated carbocycles. The van der Waals surface area contributed by atoms with Crippen molar-refractivity contribution in [2.45, 2.75) is 128 Å². The molecule has 0 aromatic rings. The van der Waals surface area contributed by atoms with Crippen LogP contribution in [0, 0.1) is 0 Å². The predicted octanol–water partition coefficient (Wildman–Crippen LogP) is 0.0354. The van der Waals surface area contributed by atoms with E-state index in [0.29, 0.717) is 0 Å². The molecule has 4 saturated heterocycles. The van der Waals surface area contributed by atoms with Crippen LogP contribution in [0.25, 0.3) is 10.6 Å². The maximum atomic E-state index is 11.4. The zero-order chi connectivity index (χ0) is 34.7. The van der Waals surface area contributed by atoms with Crippen LogP contribution in [-0.2, 0) is 81.7 Å². The first-order valence-corrected chi connectivity index (χ1v) is 14.8. The first kappa shape index (κ1) is 44.4. The zero-order valence-corrected chi connectivity index (χ0v) is 29.6.